The van der Waals surface area contributed by atoms with Gasteiger partial charge in [0.05, 0.1) is 38.8 Å². The third kappa shape index (κ3) is 19.8. The van der Waals surface area contributed by atoms with Crippen molar-refractivity contribution in [2.75, 3.05) is 103 Å². The molecule has 0 bridgehead atoms. The molecule has 24 nitrogen and oxygen atoms in total. The SMILES string of the molecule is O=C(O)CC[C@@H](CO)NC(=O)N[C@@H](CCCCNC(=O)[C@H](Cc1ccc2ccccc2c1)NC(=O)c1ccc2c(c1)CCCN2C(=O)CN1CCN(CC(=O)O)CCN(CC(=O)O)CCN(CC(=O)O)CC1)C(=O)O. The Morgan fingerprint density at radius 2 is 1.16 bits per heavy atom. The lowest BCUT2D eigenvalue weighted by Gasteiger charge is -2.35. The highest BCUT2D eigenvalue weighted by Crippen LogP contribution is 2.29. The Morgan fingerprint density at radius 3 is 1.72 bits per heavy atom. The highest BCUT2D eigenvalue weighted by atomic mass is 16.4. The van der Waals surface area contributed by atoms with Crippen molar-refractivity contribution in [1.82, 2.24) is 40.9 Å². The molecule has 1 fully saturated rings. The molecule has 1 saturated heterocycles. The average molecular weight is 1050 g/mol. The summed E-state index contributed by atoms with van der Waals surface area (Å²) in [6.07, 6.45) is 1.46. The van der Waals surface area contributed by atoms with Crippen LogP contribution in [0.3, 0.4) is 0 Å². The Bertz CT molecular complexity index is 2460. The minimum absolute atomic E-state index is 0.00699. The number of aliphatic hydroxyl groups excluding tert-OH is 1. The van der Waals surface area contributed by atoms with Crippen LogP contribution in [-0.4, -0.2) is 220 Å². The molecule has 10 N–H and O–H groups in total. The summed E-state index contributed by atoms with van der Waals surface area (Å²) in [7, 11) is 0. The van der Waals surface area contributed by atoms with Crippen LogP contribution in [0, 0.1) is 0 Å². The van der Waals surface area contributed by atoms with E-state index in [0.717, 1.165) is 21.9 Å². The summed E-state index contributed by atoms with van der Waals surface area (Å²) in [5, 5.41) is 69.2. The Hall–Kier alpha value is -7.25. The fourth-order valence-corrected chi connectivity index (χ4v) is 9.07. The third-order valence-electron chi connectivity index (χ3n) is 13.1. The Balaban J connectivity index is 1.25. The van der Waals surface area contributed by atoms with Crippen LogP contribution in [0.2, 0.25) is 0 Å². The minimum Gasteiger partial charge on any atom is -0.481 e. The topological polar surface area (TPSA) is 339 Å². The van der Waals surface area contributed by atoms with Gasteiger partial charge in [-0.25, -0.2) is 9.59 Å². The lowest BCUT2D eigenvalue weighted by Crippen LogP contribution is -2.50. The van der Waals surface area contributed by atoms with Gasteiger partial charge in [-0.05, 0) is 78.6 Å². The number of hydrogen-bond acceptors (Lipinski definition) is 14. The molecule has 0 spiro atoms. The van der Waals surface area contributed by atoms with Crippen LogP contribution in [0.5, 0.6) is 0 Å². The fraction of sp³-hybridized carbons (Fsp3) is 0.510. The van der Waals surface area contributed by atoms with Crippen LogP contribution in [0.15, 0.2) is 60.7 Å². The van der Waals surface area contributed by atoms with Gasteiger partial charge in [0.15, 0.2) is 0 Å². The summed E-state index contributed by atoms with van der Waals surface area (Å²) in [5.74, 6) is -6.89. The molecule has 75 heavy (non-hydrogen) atoms. The van der Waals surface area contributed by atoms with Crippen molar-refractivity contribution in [1.29, 1.82) is 0 Å². The second kappa shape index (κ2) is 29.6. The summed E-state index contributed by atoms with van der Waals surface area (Å²) in [6, 6.07) is 14.3. The summed E-state index contributed by atoms with van der Waals surface area (Å²) in [5.41, 5.74) is 2.37. The van der Waals surface area contributed by atoms with Crippen molar-refractivity contribution < 1.29 is 73.8 Å². The molecule has 0 saturated carbocycles. The molecule has 3 aromatic carbocycles. The van der Waals surface area contributed by atoms with Gasteiger partial charge in [-0.1, -0.05) is 42.5 Å². The van der Waals surface area contributed by atoms with Crippen molar-refractivity contribution in [3.63, 3.8) is 0 Å². The number of aliphatic hydroxyl groups is 1. The van der Waals surface area contributed by atoms with Crippen LogP contribution in [-0.2, 0) is 46.4 Å². The van der Waals surface area contributed by atoms with Crippen LogP contribution in [0.25, 0.3) is 10.8 Å². The summed E-state index contributed by atoms with van der Waals surface area (Å²) in [6.45, 7) is 0.961. The zero-order valence-electron chi connectivity index (χ0n) is 41.9. The predicted octanol–water partition coefficient (Wildman–Crippen LogP) is 0.200. The summed E-state index contributed by atoms with van der Waals surface area (Å²) >= 11 is 0. The number of carbonyl (C=O) groups is 9. The highest BCUT2D eigenvalue weighted by Gasteiger charge is 2.29. The third-order valence-corrected chi connectivity index (χ3v) is 13.1. The number of amides is 5. The number of anilines is 1. The van der Waals surface area contributed by atoms with Crippen LogP contribution in [0.4, 0.5) is 10.5 Å². The van der Waals surface area contributed by atoms with Gasteiger partial charge in [0.1, 0.15) is 12.1 Å². The molecule has 5 amide bonds. The monoisotopic (exact) mass is 1050 g/mol. The van der Waals surface area contributed by atoms with E-state index in [2.05, 4.69) is 21.3 Å². The van der Waals surface area contributed by atoms with E-state index in [-0.39, 0.29) is 129 Å². The van der Waals surface area contributed by atoms with Crippen molar-refractivity contribution in [3.05, 3.63) is 77.4 Å². The van der Waals surface area contributed by atoms with E-state index >= 15 is 0 Å². The van der Waals surface area contributed by atoms with Crippen molar-refractivity contribution >= 4 is 70.1 Å². The molecule has 5 rings (SSSR count). The maximum Gasteiger partial charge on any atom is 0.326 e. The van der Waals surface area contributed by atoms with Gasteiger partial charge in [-0.3, -0.25) is 53.2 Å². The molecule has 3 aromatic rings. The molecule has 2 heterocycles. The maximum atomic E-state index is 14.2. The van der Waals surface area contributed by atoms with Gasteiger partial charge in [-0.2, -0.15) is 0 Å². The van der Waals surface area contributed by atoms with Crippen LogP contribution < -0.4 is 26.2 Å². The highest BCUT2D eigenvalue weighted by molar-refractivity contribution is 6.00. The van der Waals surface area contributed by atoms with Gasteiger partial charge in [0.2, 0.25) is 11.8 Å². The molecule has 3 atom stereocenters. The van der Waals surface area contributed by atoms with Crippen molar-refractivity contribution in [2.45, 2.75) is 69.5 Å². The minimum atomic E-state index is -1.31. The molecule has 2 aliphatic heterocycles. The van der Waals surface area contributed by atoms with E-state index in [0.29, 0.717) is 31.5 Å². The standard InChI is InChI=1S/C51H69N9O15/c61-33-39(13-15-44(63)64)53-51(75)55-40(50(73)74)9-3-4-16-52-49(72)41(27-34-10-11-35-6-1-2-7-36(35)26-34)54-48(71)38-12-14-42-37(28-38)8-5-17-60(42)43(62)29-56-18-20-57(30-45(65)66)22-24-59(32-47(69)70)25-23-58(21-19-56)31-46(67)68/h1-2,6-7,10-12,14,26,28,39-41,61H,3-5,8-9,13,15-25,27,29-33H2,(H,52,72)(H,54,71)(H,63,64)(H,65,66)(H,67,68)(H,69,70)(H,73,74)(H2,53,55,75)/t39-,40-,41-/m0/s1. The number of benzene rings is 3. The number of rotatable bonds is 25. The predicted molar refractivity (Wildman–Crippen MR) is 272 cm³/mol. The molecular weight excluding hydrogens is 979 g/mol. The number of carbonyl (C=O) groups excluding carboxylic acids is 4. The van der Waals surface area contributed by atoms with Crippen molar-refractivity contribution in [3.8, 4) is 0 Å². The number of nitrogens with zero attached hydrogens (tertiary/aromatic N) is 5. The second-order valence-corrected chi connectivity index (χ2v) is 18.8. The first-order valence-corrected chi connectivity index (χ1v) is 25.0. The summed E-state index contributed by atoms with van der Waals surface area (Å²) < 4.78 is 0. The Kier molecular flexibility index (Phi) is 23.1. The number of aryl methyl sites for hydroxylation is 1. The second-order valence-electron chi connectivity index (χ2n) is 18.8. The zero-order chi connectivity index (χ0) is 54.4. The lowest BCUT2D eigenvalue weighted by molar-refractivity contribution is -0.140. The van der Waals surface area contributed by atoms with E-state index in [1.807, 2.05) is 47.4 Å². The zero-order valence-corrected chi connectivity index (χ0v) is 41.9. The molecule has 0 aromatic heterocycles. The number of carboxylic acids is 5. The lowest BCUT2D eigenvalue weighted by atomic mass is 9.98. The van der Waals surface area contributed by atoms with Crippen LogP contribution >= 0.6 is 0 Å². The number of fused-ring (bicyclic) bond motifs is 2. The van der Waals surface area contributed by atoms with Crippen LogP contribution in [0.1, 0.15) is 60.0 Å². The van der Waals surface area contributed by atoms with Gasteiger partial charge in [0.25, 0.3) is 5.91 Å². The number of carboxylic acid groups (broad SMARTS) is 5. The first kappa shape index (κ1) is 58.6. The molecule has 0 aliphatic carbocycles. The number of hydrogen-bond donors (Lipinski definition) is 10. The largest absolute Gasteiger partial charge is 0.481 e. The Labute approximate surface area is 433 Å². The maximum absolute atomic E-state index is 14.2. The number of nitrogens with one attached hydrogen (secondary N) is 4. The smallest absolute Gasteiger partial charge is 0.326 e. The average Bonchev–Trinajstić information content (AvgIpc) is 3.36. The van der Waals surface area contributed by atoms with Gasteiger partial charge in [-0.15, -0.1) is 0 Å². The summed E-state index contributed by atoms with van der Waals surface area (Å²) in [4.78, 5) is 121. The van der Waals surface area contributed by atoms with E-state index in [9.17, 15) is 68.7 Å². The fourth-order valence-electron chi connectivity index (χ4n) is 9.07. The first-order valence-electron chi connectivity index (χ1n) is 25.0. The van der Waals surface area contributed by atoms with E-state index in [4.69, 9.17) is 5.11 Å². The molecule has 0 radical (unpaired) electrons. The first-order chi connectivity index (χ1) is 35.9. The van der Waals surface area contributed by atoms with E-state index in [1.165, 1.54) is 0 Å². The van der Waals surface area contributed by atoms with Gasteiger partial charge in [0, 0.05) is 89.5 Å². The number of aliphatic carboxylic acids is 5. The van der Waals surface area contributed by atoms with E-state index in [1.54, 1.807) is 37.8 Å². The van der Waals surface area contributed by atoms with E-state index < -0.39 is 72.4 Å². The van der Waals surface area contributed by atoms with Gasteiger partial charge < -0.3 is 56.8 Å². The quantitative estimate of drug-likeness (QED) is 0.0507. The number of unbranched alkanes of at least 4 members (excludes halogenated alkanes) is 1. The molecule has 0 unspecified atom stereocenters. The molecule has 408 valence electrons. The Morgan fingerprint density at radius 1 is 0.573 bits per heavy atom. The van der Waals surface area contributed by atoms with Gasteiger partial charge >= 0.3 is 35.9 Å². The number of urea groups is 1. The molecule has 2 aliphatic rings. The molecule has 24 heteroatoms. The normalized spacial score (nSPS) is 16.5. The molecular formula is C51H69N9O15. The van der Waals surface area contributed by atoms with Crippen molar-refractivity contribution in [2.24, 2.45) is 0 Å².